The SMILES string of the molecule is CC1(C)C2C=CC3(CN(C(c4ccccc4)(c4ccccc4)c4ccccc4)CC31)O2. The van der Waals surface area contributed by atoms with Crippen LogP contribution in [0.15, 0.2) is 103 Å². The highest BCUT2D eigenvalue weighted by molar-refractivity contribution is 5.50. The first-order valence-corrected chi connectivity index (χ1v) is 11.4. The van der Waals surface area contributed by atoms with Gasteiger partial charge in [-0.05, 0) is 16.7 Å². The van der Waals surface area contributed by atoms with Crippen molar-refractivity contribution in [3.8, 4) is 0 Å². The molecule has 3 aliphatic heterocycles. The minimum absolute atomic E-state index is 0.138. The molecule has 2 saturated heterocycles. The van der Waals surface area contributed by atoms with Crippen molar-refractivity contribution in [2.24, 2.45) is 11.3 Å². The van der Waals surface area contributed by atoms with Crippen LogP contribution in [-0.2, 0) is 10.3 Å². The van der Waals surface area contributed by atoms with Gasteiger partial charge >= 0.3 is 0 Å². The summed E-state index contributed by atoms with van der Waals surface area (Å²) in [4.78, 5) is 2.69. The Hall–Kier alpha value is -2.68. The minimum Gasteiger partial charge on any atom is -0.361 e. The molecule has 3 heterocycles. The molecule has 2 nitrogen and oxygen atoms in total. The molecule has 2 bridgehead atoms. The van der Waals surface area contributed by atoms with Crippen LogP contribution < -0.4 is 0 Å². The maximum atomic E-state index is 6.68. The van der Waals surface area contributed by atoms with E-state index in [1.807, 2.05) is 0 Å². The summed E-state index contributed by atoms with van der Waals surface area (Å²) in [7, 11) is 0. The zero-order valence-electron chi connectivity index (χ0n) is 18.2. The topological polar surface area (TPSA) is 12.5 Å². The molecule has 1 spiro atoms. The summed E-state index contributed by atoms with van der Waals surface area (Å²) in [6, 6.07) is 33.0. The molecule has 0 radical (unpaired) electrons. The van der Waals surface area contributed by atoms with E-state index in [9.17, 15) is 0 Å². The number of rotatable bonds is 4. The van der Waals surface area contributed by atoms with E-state index in [0.29, 0.717) is 5.92 Å². The molecule has 3 aliphatic rings. The second-order valence-electron chi connectivity index (χ2n) is 9.92. The summed E-state index contributed by atoms with van der Waals surface area (Å²) in [5.74, 6) is 0.477. The summed E-state index contributed by atoms with van der Waals surface area (Å²) in [5.41, 5.74) is 3.51. The van der Waals surface area contributed by atoms with Crippen molar-refractivity contribution in [2.75, 3.05) is 13.1 Å². The van der Waals surface area contributed by atoms with Gasteiger partial charge in [0.2, 0.25) is 0 Å². The third kappa shape index (κ3) is 2.52. The molecule has 0 N–H and O–H groups in total. The first-order chi connectivity index (χ1) is 15.1. The standard InChI is InChI=1S/C29H29NO/c1-27(2)25-20-30(21-28(25)19-18-26(27)31-28)29(22-12-6-3-7-13-22,23-14-8-4-9-15-23)24-16-10-5-11-17-24/h3-19,25-26H,20-21H2,1-2H3. The molecule has 0 saturated carbocycles. The predicted octanol–water partition coefficient (Wildman–Crippen LogP) is 5.64. The fourth-order valence-electron chi connectivity index (χ4n) is 6.51. The van der Waals surface area contributed by atoms with Gasteiger partial charge < -0.3 is 4.74 Å². The van der Waals surface area contributed by atoms with Crippen LogP contribution in [0.3, 0.4) is 0 Å². The van der Waals surface area contributed by atoms with E-state index >= 15 is 0 Å². The number of likely N-dealkylation sites (tertiary alicyclic amines) is 1. The average molecular weight is 408 g/mol. The number of ether oxygens (including phenoxy) is 1. The van der Waals surface area contributed by atoms with E-state index in [1.54, 1.807) is 0 Å². The largest absolute Gasteiger partial charge is 0.361 e. The summed E-state index contributed by atoms with van der Waals surface area (Å²) < 4.78 is 6.68. The first-order valence-electron chi connectivity index (χ1n) is 11.4. The molecule has 2 fully saturated rings. The van der Waals surface area contributed by atoms with Gasteiger partial charge in [0, 0.05) is 24.4 Å². The summed E-state index contributed by atoms with van der Waals surface area (Å²) >= 11 is 0. The van der Waals surface area contributed by atoms with Crippen molar-refractivity contribution in [1.82, 2.24) is 4.90 Å². The number of nitrogens with zero attached hydrogens (tertiary/aromatic N) is 1. The lowest BCUT2D eigenvalue weighted by Gasteiger charge is -2.45. The Morgan fingerprint density at radius 3 is 1.71 bits per heavy atom. The van der Waals surface area contributed by atoms with E-state index in [4.69, 9.17) is 4.74 Å². The first kappa shape index (κ1) is 19.0. The Kier molecular flexibility index (Phi) is 4.09. The van der Waals surface area contributed by atoms with Gasteiger partial charge in [-0.25, -0.2) is 0 Å². The molecule has 2 heteroatoms. The fraction of sp³-hybridized carbons (Fsp3) is 0.310. The zero-order chi connectivity index (χ0) is 21.1. The second-order valence-corrected chi connectivity index (χ2v) is 9.92. The van der Waals surface area contributed by atoms with Gasteiger partial charge in [-0.3, -0.25) is 4.90 Å². The van der Waals surface area contributed by atoms with Gasteiger partial charge in [0.25, 0.3) is 0 Å². The van der Waals surface area contributed by atoms with E-state index in [2.05, 4.69) is 122 Å². The molecule has 0 aromatic heterocycles. The molecule has 0 aliphatic carbocycles. The molecule has 0 amide bonds. The van der Waals surface area contributed by atoms with E-state index in [1.165, 1.54) is 16.7 Å². The third-order valence-electron chi connectivity index (χ3n) is 8.01. The van der Waals surface area contributed by atoms with Crippen LogP contribution in [0.5, 0.6) is 0 Å². The molecule has 3 unspecified atom stereocenters. The quantitative estimate of drug-likeness (QED) is 0.410. The Bertz CT molecular complexity index is 1010. The van der Waals surface area contributed by atoms with Gasteiger partial charge in [0.15, 0.2) is 0 Å². The highest BCUT2D eigenvalue weighted by atomic mass is 16.5. The van der Waals surface area contributed by atoms with Crippen molar-refractivity contribution < 1.29 is 4.74 Å². The van der Waals surface area contributed by atoms with Crippen LogP contribution in [-0.4, -0.2) is 29.7 Å². The Balaban J connectivity index is 1.60. The lowest BCUT2D eigenvalue weighted by Crippen LogP contribution is -2.49. The lowest BCUT2D eigenvalue weighted by molar-refractivity contribution is 0.00564. The van der Waals surface area contributed by atoms with Crippen LogP contribution in [0.2, 0.25) is 0 Å². The van der Waals surface area contributed by atoms with E-state index < -0.39 is 0 Å². The monoisotopic (exact) mass is 407 g/mol. The third-order valence-corrected chi connectivity index (χ3v) is 8.01. The molecular weight excluding hydrogens is 378 g/mol. The highest BCUT2D eigenvalue weighted by Gasteiger charge is 2.66. The number of benzene rings is 3. The van der Waals surface area contributed by atoms with Crippen molar-refractivity contribution in [3.63, 3.8) is 0 Å². The second kappa shape index (κ2) is 6.66. The van der Waals surface area contributed by atoms with Gasteiger partial charge in [0.05, 0.1) is 11.6 Å². The molecule has 3 aromatic carbocycles. The van der Waals surface area contributed by atoms with E-state index in [0.717, 1.165) is 13.1 Å². The van der Waals surface area contributed by atoms with Crippen molar-refractivity contribution in [3.05, 3.63) is 120 Å². The van der Waals surface area contributed by atoms with Gasteiger partial charge in [-0.15, -0.1) is 0 Å². The van der Waals surface area contributed by atoms with Crippen LogP contribution in [0.25, 0.3) is 0 Å². The molecular formula is C29H29NO. The van der Waals surface area contributed by atoms with Crippen LogP contribution in [0.1, 0.15) is 30.5 Å². The molecule has 31 heavy (non-hydrogen) atoms. The maximum Gasteiger partial charge on any atom is 0.104 e. The van der Waals surface area contributed by atoms with Gasteiger partial charge in [-0.2, -0.15) is 0 Å². The van der Waals surface area contributed by atoms with Gasteiger partial charge in [0.1, 0.15) is 5.60 Å². The Labute approximate surface area is 185 Å². The smallest absolute Gasteiger partial charge is 0.104 e. The summed E-state index contributed by atoms with van der Waals surface area (Å²) in [6.45, 7) is 6.66. The van der Waals surface area contributed by atoms with Crippen molar-refractivity contribution in [2.45, 2.75) is 31.1 Å². The van der Waals surface area contributed by atoms with Crippen LogP contribution in [0.4, 0.5) is 0 Å². The number of fused-ring (bicyclic) bond motifs is 1. The van der Waals surface area contributed by atoms with E-state index in [-0.39, 0.29) is 22.7 Å². The predicted molar refractivity (Wildman–Crippen MR) is 125 cm³/mol. The van der Waals surface area contributed by atoms with Crippen molar-refractivity contribution in [1.29, 1.82) is 0 Å². The maximum absolute atomic E-state index is 6.68. The van der Waals surface area contributed by atoms with Crippen LogP contribution >= 0.6 is 0 Å². The fourth-order valence-corrected chi connectivity index (χ4v) is 6.51. The molecule has 6 rings (SSSR count). The van der Waals surface area contributed by atoms with Crippen molar-refractivity contribution >= 4 is 0 Å². The lowest BCUT2D eigenvalue weighted by atomic mass is 9.68. The number of hydrogen-bond acceptors (Lipinski definition) is 2. The summed E-state index contributed by atoms with van der Waals surface area (Å²) in [5, 5.41) is 0. The molecule has 3 aromatic rings. The summed E-state index contributed by atoms with van der Waals surface area (Å²) in [6.07, 6.45) is 4.90. The molecule has 3 atom stereocenters. The number of hydrogen-bond donors (Lipinski definition) is 0. The Morgan fingerprint density at radius 1 is 0.774 bits per heavy atom. The van der Waals surface area contributed by atoms with Gasteiger partial charge in [-0.1, -0.05) is 117 Å². The van der Waals surface area contributed by atoms with Crippen LogP contribution in [0, 0.1) is 11.3 Å². The molecule has 156 valence electrons. The minimum atomic E-state index is -0.367. The normalized spacial score (nSPS) is 28.7. The zero-order valence-corrected chi connectivity index (χ0v) is 18.2. The highest BCUT2D eigenvalue weighted by Crippen LogP contribution is 2.60. The average Bonchev–Trinajstić information content (AvgIpc) is 3.47. The Morgan fingerprint density at radius 2 is 1.26 bits per heavy atom.